The number of Topliss-reactive ketones (excluding diaryl/α,β-unsaturated/α-hetero) is 1. The molecule has 40 heavy (non-hydrogen) atoms. The van der Waals surface area contributed by atoms with Gasteiger partial charge in [-0.3, -0.25) is 14.4 Å². The lowest BCUT2D eigenvalue weighted by atomic mass is 9.72. The Labute approximate surface area is 237 Å². The average molecular weight is 550 g/mol. The molecule has 0 aliphatic heterocycles. The number of ether oxygens (including phenoxy) is 2. The molecule has 8 nitrogen and oxygen atoms in total. The van der Waals surface area contributed by atoms with E-state index in [2.05, 4.69) is 16.7 Å². The molecule has 2 amide bonds. The summed E-state index contributed by atoms with van der Waals surface area (Å²) in [5.41, 5.74) is 0.275. The zero-order valence-electron chi connectivity index (χ0n) is 24.1. The number of hydrogen-bond donors (Lipinski definition) is 2. The highest BCUT2D eigenvalue weighted by Gasteiger charge is 2.51. The molecule has 5 rings (SSSR count). The van der Waals surface area contributed by atoms with Crippen LogP contribution >= 0.6 is 0 Å². The summed E-state index contributed by atoms with van der Waals surface area (Å²) in [6.07, 6.45) is 11.3. The molecule has 216 valence electrons. The second-order valence-corrected chi connectivity index (χ2v) is 12.8. The van der Waals surface area contributed by atoms with Gasteiger partial charge in [-0.15, -0.1) is 0 Å². The summed E-state index contributed by atoms with van der Waals surface area (Å²) in [7, 11) is 1.48. The number of methoxy groups -OCH3 is 1. The van der Waals surface area contributed by atoms with Crippen LogP contribution in [0, 0.1) is 34.5 Å². The summed E-state index contributed by atoms with van der Waals surface area (Å²) in [5, 5.41) is 16.3. The highest BCUT2D eigenvalue weighted by atomic mass is 16.5. The maximum absolute atomic E-state index is 13.7. The van der Waals surface area contributed by atoms with Gasteiger partial charge in [-0.1, -0.05) is 26.2 Å². The minimum absolute atomic E-state index is 0.0788. The Bertz CT molecular complexity index is 1180. The molecule has 0 aromatic heterocycles. The van der Waals surface area contributed by atoms with E-state index in [1.807, 2.05) is 6.92 Å². The zero-order chi connectivity index (χ0) is 28.4. The van der Waals surface area contributed by atoms with Gasteiger partial charge < -0.3 is 20.1 Å². The molecule has 4 aliphatic carbocycles. The van der Waals surface area contributed by atoms with Crippen molar-refractivity contribution in [2.75, 3.05) is 7.11 Å². The fourth-order valence-electron chi connectivity index (χ4n) is 7.62. The second kappa shape index (κ2) is 11.8. The SMILES string of the molecule is COc1cc(C#N)c(OC2CCC(C)(C(C)=O)CC2)cc1C(=O)N[C@@H]1[C@H]2CC[C@H](C2)[C@@H]1C(=O)NC1CCCCC1. The van der Waals surface area contributed by atoms with Crippen LogP contribution in [0.2, 0.25) is 0 Å². The largest absolute Gasteiger partial charge is 0.496 e. The maximum atomic E-state index is 13.7. The van der Waals surface area contributed by atoms with Gasteiger partial charge >= 0.3 is 0 Å². The molecular weight excluding hydrogens is 506 g/mol. The molecule has 4 atom stereocenters. The van der Waals surface area contributed by atoms with Gasteiger partial charge in [-0.2, -0.15) is 5.26 Å². The lowest BCUT2D eigenvalue weighted by Gasteiger charge is -2.35. The van der Waals surface area contributed by atoms with Gasteiger partial charge in [0.2, 0.25) is 5.91 Å². The predicted molar refractivity (Wildman–Crippen MR) is 150 cm³/mol. The van der Waals surface area contributed by atoms with Gasteiger partial charge in [0.25, 0.3) is 5.91 Å². The highest BCUT2D eigenvalue weighted by molar-refractivity contribution is 5.98. The van der Waals surface area contributed by atoms with Crippen molar-refractivity contribution in [2.24, 2.45) is 23.2 Å². The number of rotatable bonds is 8. The first-order valence-electron chi connectivity index (χ1n) is 15.1. The van der Waals surface area contributed by atoms with E-state index < -0.39 is 0 Å². The average Bonchev–Trinajstić information content (AvgIpc) is 3.56. The smallest absolute Gasteiger partial charge is 0.255 e. The molecule has 4 saturated carbocycles. The number of amides is 2. The number of nitrogens with one attached hydrogen (secondary N) is 2. The van der Waals surface area contributed by atoms with Crippen molar-refractivity contribution in [3.63, 3.8) is 0 Å². The zero-order valence-corrected chi connectivity index (χ0v) is 24.1. The molecule has 8 heteroatoms. The number of carbonyl (C=O) groups is 3. The van der Waals surface area contributed by atoms with Crippen LogP contribution in [0.15, 0.2) is 12.1 Å². The molecule has 4 fully saturated rings. The molecule has 2 bridgehead atoms. The third-order valence-electron chi connectivity index (χ3n) is 10.3. The lowest BCUT2D eigenvalue weighted by molar-refractivity contribution is -0.129. The van der Waals surface area contributed by atoms with Crippen molar-refractivity contribution < 1.29 is 23.9 Å². The van der Waals surface area contributed by atoms with E-state index in [0.29, 0.717) is 41.4 Å². The summed E-state index contributed by atoms with van der Waals surface area (Å²) < 4.78 is 11.8. The van der Waals surface area contributed by atoms with Crippen LogP contribution in [0.5, 0.6) is 11.5 Å². The van der Waals surface area contributed by atoms with Gasteiger partial charge in [-0.25, -0.2) is 0 Å². The Morgan fingerprint density at radius 3 is 2.30 bits per heavy atom. The number of hydrogen-bond acceptors (Lipinski definition) is 6. The minimum atomic E-state index is -0.330. The van der Waals surface area contributed by atoms with Crippen LogP contribution in [0.4, 0.5) is 0 Å². The van der Waals surface area contributed by atoms with Crippen LogP contribution in [-0.2, 0) is 9.59 Å². The van der Waals surface area contributed by atoms with Gasteiger partial charge in [0, 0.05) is 23.6 Å². The van der Waals surface area contributed by atoms with Crippen LogP contribution < -0.4 is 20.1 Å². The van der Waals surface area contributed by atoms with Gasteiger partial charge in [0.15, 0.2) is 0 Å². The van der Waals surface area contributed by atoms with Crippen molar-refractivity contribution in [2.45, 2.75) is 109 Å². The summed E-state index contributed by atoms with van der Waals surface area (Å²) in [5.74, 6) is 0.981. The van der Waals surface area contributed by atoms with Crippen molar-refractivity contribution >= 4 is 17.6 Å². The maximum Gasteiger partial charge on any atom is 0.255 e. The second-order valence-electron chi connectivity index (χ2n) is 12.8. The Morgan fingerprint density at radius 2 is 1.65 bits per heavy atom. The van der Waals surface area contributed by atoms with Crippen molar-refractivity contribution in [3.05, 3.63) is 23.3 Å². The fraction of sp³-hybridized carbons (Fsp3) is 0.688. The highest BCUT2D eigenvalue weighted by Crippen LogP contribution is 2.49. The summed E-state index contributed by atoms with van der Waals surface area (Å²) >= 11 is 0. The molecular formula is C32H43N3O5. The lowest BCUT2D eigenvalue weighted by Crippen LogP contribution is -2.51. The van der Waals surface area contributed by atoms with Crippen LogP contribution in [0.1, 0.15) is 107 Å². The van der Waals surface area contributed by atoms with Gasteiger partial charge in [-0.05, 0) is 82.6 Å². The molecule has 0 spiro atoms. The van der Waals surface area contributed by atoms with Crippen LogP contribution in [0.25, 0.3) is 0 Å². The third kappa shape index (κ3) is 5.70. The number of nitrogens with zero attached hydrogens (tertiary/aromatic N) is 1. The molecule has 1 aromatic carbocycles. The number of fused-ring (bicyclic) bond motifs is 2. The summed E-state index contributed by atoms with van der Waals surface area (Å²) in [4.78, 5) is 39.2. The number of benzene rings is 1. The van der Waals surface area contributed by atoms with Gasteiger partial charge in [0.1, 0.15) is 23.4 Å². The Morgan fingerprint density at radius 1 is 0.950 bits per heavy atom. The summed E-state index contributed by atoms with van der Waals surface area (Å²) in [6.45, 7) is 3.64. The Balaban J connectivity index is 1.32. The van der Waals surface area contributed by atoms with E-state index in [-0.39, 0.29) is 53.0 Å². The first kappa shape index (κ1) is 28.4. The normalized spacial score (nSPS) is 31.7. The Kier molecular flexibility index (Phi) is 8.39. The quantitative estimate of drug-likeness (QED) is 0.467. The van der Waals surface area contributed by atoms with Crippen molar-refractivity contribution in [1.82, 2.24) is 10.6 Å². The van der Waals surface area contributed by atoms with E-state index in [0.717, 1.165) is 57.8 Å². The van der Waals surface area contributed by atoms with E-state index in [4.69, 9.17) is 9.47 Å². The first-order valence-corrected chi connectivity index (χ1v) is 15.1. The fourth-order valence-corrected chi connectivity index (χ4v) is 7.62. The summed E-state index contributed by atoms with van der Waals surface area (Å²) in [6, 6.07) is 5.35. The minimum Gasteiger partial charge on any atom is -0.496 e. The molecule has 0 radical (unpaired) electrons. The van der Waals surface area contributed by atoms with E-state index in [9.17, 15) is 19.6 Å². The molecule has 0 unspecified atom stereocenters. The number of ketones is 1. The number of carbonyl (C=O) groups excluding carboxylic acids is 3. The molecule has 0 saturated heterocycles. The first-order chi connectivity index (χ1) is 19.2. The van der Waals surface area contributed by atoms with Gasteiger partial charge in [0.05, 0.1) is 30.3 Å². The topological polar surface area (TPSA) is 118 Å². The molecule has 1 aromatic rings. The molecule has 0 heterocycles. The van der Waals surface area contributed by atoms with E-state index >= 15 is 0 Å². The monoisotopic (exact) mass is 549 g/mol. The Hall–Kier alpha value is -3.08. The van der Waals surface area contributed by atoms with Crippen LogP contribution in [-0.4, -0.2) is 42.9 Å². The number of nitriles is 1. The predicted octanol–water partition coefficient (Wildman–Crippen LogP) is 5.08. The standard InChI is InChI=1S/C32H43N3O5/c1-19(36)32(2)13-11-24(12-14-32)40-26-17-25(27(39-3)16-22(26)18-33)30(37)35-29-21-10-9-20(15-21)28(29)31(38)34-23-7-5-4-6-8-23/h16-17,20-21,23-24,28-29H,4-15H2,1-3H3,(H,34,38)(H,35,37)/t20-,21+,24?,28+,29-,32?/m1/s1. The molecule has 2 N–H and O–H groups in total. The molecule has 4 aliphatic rings. The van der Waals surface area contributed by atoms with Crippen LogP contribution in [0.3, 0.4) is 0 Å². The third-order valence-corrected chi connectivity index (χ3v) is 10.3. The van der Waals surface area contributed by atoms with Crippen molar-refractivity contribution in [1.29, 1.82) is 5.26 Å². The van der Waals surface area contributed by atoms with E-state index in [1.165, 1.54) is 13.5 Å². The van der Waals surface area contributed by atoms with Crippen molar-refractivity contribution in [3.8, 4) is 17.6 Å². The van der Waals surface area contributed by atoms with E-state index in [1.54, 1.807) is 19.1 Å².